The van der Waals surface area contributed by atoms with E-state index < -0.39 is 15.4 Å². The summed E-state index contributed by atoms with van der Waals surface area (Å²) in [6.45, 7) is 5.57. The number of sulfonamides is 1. The Balaban J connectivity index is 1.45. The molecule has 1 aromatic heterocycles. The Morgan fingerprint density at radius 1 is 1.06 bits per heavy atom. The Bertz CT molecular complexity index is 1190. The number of ether oxygens (including phenoxy) is 1. The standard InChI is InChI=1S/C22H25ClN4O4S/c1-22(2,16-5-4-6-17(23)15-16)20-24-21(31-25-20)26-11-13-27(14-12-26)32(28,29)19-9-7-18(30-3)8-10-19/h4-10,15H,11-14H2,1-3H3. The minimum absolute atomic E-state index is 0.245. The normalized spacial score (nSPS) is 15.7. The van der Waals surface area contributed by atoms with Crippen LogP contribution in [0.3, 0.4) is 0 Å². The second-order valence-electron chi connectivity index (χ2n) is 8.10. The van der Waals surface area contributed by atoms with Gasteiger partial charge in [0.2, 0.25) is 10.0 Å². The van der Waals surface area contributed by atoms with Gasteiger partial charge in [-0.05, 0) is 55.8 Å². The highest BCUT2D eigenvalue weighted by atomic mass is 35.5. The lowest BCUT2D eigenvalue weighted by atomic mass is 9.84. The van der Waals surface area contributed by atoms with E-state index in [0.29, 0.717) is 48.8 Å². The van der Waals surface area contributed by atoms with Crippen molar-refractivity contribution in [3.05, 3.63) is 64.9 Å². The number of nitrogens with zero attached hydrogens (tertiary/aromatic N) is 4. The number of methoxy groups -OCH3 is 1. The summed E-state index contributed by atoms with van der Waals surface area (Å²) in [5.74, 6) is 1.16. The Morgan fingerprint density at radius 3 is 2.38 bits per heavy atom. The maximum atomic E-state index is 13.0. The molecule has 0 N–H and O–H groups in total. The van der Waals surface area contributed by atoms with Crippen LogP contribution in [0.25, 0.3) is 0 Å². The van der Waals surface area contributed by atoms with Gasteiger partial charge in [-0.2, -0.15) is 9.29 Å². The van der Waals surface area contributed by atoms with E-state index in [0.717, 1.165) is 5.56 Å². The Kier molecular flexibility index (Phi) is 6.15. The average Bonchev–Trinajstić information content (AvgIpc) is 3.30. The maximum Gasteiger partial charge on any atom is 0.324 e. The molecule has 1 saturated heterocycles. The molecule has 1 aliphatic heterocycles. The fourth-order valence-corrected chi connectivity index (χ4v) is 5.23. The molecule has 0 amide bonds. The van der Waals surface area contributed by atoms with Crippen LogP contribution in [0.5, 0.6) is 5.75 Å². The van der Waals surface area contributed by atoms with Crippen molar-refractivity contribution in [2.24, 2.45) is 0 Å². The molecule has 0 bridgehead atoms. The van der Waals surface area contributed by atoms with Gasteiger partial charge in [-0.3, -0.25) is 0 Å². The molecule has 4 rings (SSSR count). The molecule has 10 heteroatoms. The highest BCUT2D eigenvalue weighted by Gasteiger charge is 2.33. The van der Waals surface area contributed by atoms with E-state index >= 15 is 0 Å². The highest BCUT2D eigenvalue weighted by Crippen LogP contribution is 2.32. The number of benzene rings is 2. The van der Waals surface area contributed by atoms with E-state index in [4.69, 9.17) is 20.9 Å². The second kappa shape index (κ2) is 8.73. The molecule has 0 spiro atoms. The van der Waals surface area contributed by atoms with Gasteiger partial charge in [0, 0.05) is 31.2 Å². The van der Waals surface area contributed by atoms with Crippen LogP contribution in [-0.4, -0.2) is 56.2 Å². The minimum Gasteiger partial charge on any atom is -0.497 e. The first kappa shape index (κ1) is 22.6. The molecule has 0 unspecified atom stereocenters. The number of hydrogen-bond donors (Lipinski definition) is 0. The number of rotatable bonds is 6. The molecule has 0 atom stereocenters. The van der Waals surface area contributed by atoms with Gasteiger partial charge in [-0.25, -0.2) is 8.42 Å². The summed E-state index contributed by atoms with van der Waals surface area (Å²) >= 11 is 6.14. The van der Waals surface area contributed by atoms with Crippen molar-refractivity contribution >= 4 is 27.6 Å². The van der Waals surface area contributed by atoms with Gasteiger partial charge in [0.05, 0.1) is 17.4 Å². The largest absolute Gasteiger partial charge is 0.497 e. The van der Waals surface area contributed by atoms with Crippen LogP contribution >= 0.6 is 11.6 Å². The summed E-state index contributed by atoms with van der Waals surface area (Å²) in [5.41, 5.74) is 0.486. The SMILES string of the molecule is COc1ccc(S(=O)(=O)N2CCN(c3nc(C(C)(C)c4cccc(Cl)c4)no3)CC2)cc1. The Hall–Kier alpha value is -2.62. The van der Waals surface area contributed by atoms with Gasteiger partial charge in [0.25, 0.3) is 0 Å². The van der Waals surface area contributed by atoms with Gasteiger partial charge in [-0.15, -0.1) is 0 Å². The Labute approximate surface area is 192 Å². The molecule has 2 aromatic carbocycles. The summed E-state index contributed by atoms with van der Waals surface area (Å²) in [4.78, 5) is 6.75. The Morgan fingerprint density at radius 2 is 1.75 bits per heavy atom. The van der Waals surface area contributed by atoms with Gasteiger partial charge < -0.3 is 14.2 Å². The molecule has 1 fully saturated rings. The van der Waals surface area contributed by atoms with Crippen LogP contribution in [0.4, 0.5) is 6.01 Å². The minimum atomic E-state index is -3.58. The molecule has 32 heavy (non-hydrogen) atoms. The van der Waals surface area contributed by atoms with Crippen molar-refractivity contribution in [1.82, 2.24) is 14.4 Å². The molecule has 3 aromatic rings. The number of piperazine rings is 1. The highest BCUT2D eigenvalue weighted by molar-refractivity contribution is 7.89. The third kappa shape index (κ3) is 4.32. The zero-order valence-corrected chi connectivity index (χ0v) is 19.7. The van der Waals surface area contributed by atoms with Crippen LogP contribution in [0, 0.1) is 0 Å². The van der Waals surface area contributed by atoms with Crippen molar-refractivity contribution in [3.63, 3.8) is 0 Å². The molecule has 0 saturated carbocycles. The molecular weight excluding hydrogens is 452 g/mol. The van der Waals surface area contributed by atoms with Crippen molar-refractivity contribution < 1.29 is 17.7 Å². The van der Waals surface area contributed by atoms with Crippen LogP contribution in [-0.2, 0) is 15.4 Å². The number of hydrogen-bond acceptors (Lipinski definition) is 7. The fraction of sp³-hybridized carbons (Fsp3) is 0.364. The van der Waals surface area contributed by atoms with Crippen molar-refractivity contribution in [2.75, 3.05) is 38.2 Å². The quantitative estimate of drug-likeness (QED) is 0.537. The van der Waals surface area contributed by atoms with E-state index in [1.165, 1.54) is 4.31 Å². The van der Waals surface area contributed by atoms with Gasteiger partial charge in [0.15, 0.2) is 5.82 Å². The predicted molar refractivity (Wildman–Crippen MR) is 122 cm³/mol. The number of halogens is 1. The van der Waals surface area contributed by atoms with Crippen molar-refractivity contribution in [3.8, 4) is 5.75 Å². The topological polar surface area (TPSA) is 88.8 Å². The monoisotopic (exact) mass is 476 g/mol. The van der Waals surface area contributed by atoms with E-state index in [9.17, 15) is 8.42 Å². The first-order valence-electron chi connectivity index (χ1n) is 10.2. The predicted octanol–water partition coefficient (Wildman–Crippen LogP) is 3.57. The molecular formula is C22H25ClN4O4S. The van der Waals surface area contributed by atoms with Crippen LogP contribution in [0.15, 0.2) is 57.9 Å². The summed E-state index contributed by atoms with van der Waals surface area (Å²) < 4.78 is 38.0. The van der Waals surface area contributed by atoms with Gasteiger partial charge in [0.1, 0.15) is 5.75 Å². The summed E-state index contributed by atoms with van der Waals surface area (Å²) in [7, 11) is -2.04. The second-order valence-corrected chi connectivity index (χ2v) is 10.5. The fourth-order valence-electron chi connectivity index (χ4n) is 3.62. The first-order chi connectivity index (χ1) is 15.2. The summed E-state index contributed by atoms with van der Waals surface area (Å²) in [5, 5.41) is 4.83. The first-order valence-corrected chi connectivity index (χ1v) is 12.0. The van der Waals surface area contributed by atoms with E-state index in [2.05, 4.69) is 10.1 Å². The van der Waals surface area contributed by atoms with Crippen LogP contribution in [0.1, 0.15) is 25.2 Å². The lowest BCUT2D eigenvalue weighted by Gasteiger charge is -2.32. The third-order valence-electron chi connectivity index (χ3n) is 5.73. The van der Waals surface area contributed by atoms with E-state index in [-0.39, 0.29) is 4.90 Å². The molecule has 0 radical (unpaired) electrons. The van der Waals surface area contributed by atoms with Crippen LogP contribution in [0.2, 0.25) is 5.02 Å². The average molecular weight is 477 g/mol. The summed E-state index contributed by atoms with van der Waals surface area (Å²) in [6, 6.07) is 14.4. The maximum absolute atomic E-state index is 13.0. The number of aromatic nitrogens is 2. The number of anilines is 1. The van der Waals surface area contributed by atoms with Gasteiger partial charge >= 0.3 is 6.01 Å². The smallest absolute Gasteiger partial charge is 0.324 e. The third-order valence-corrected chi connectivity index (χ3v) is 7.87. The van der Waals surface area contributed by atoms with E-state index in [1.807, 2.05) is 43.0 Å². The molecule has 0 aliphatic carbocycles. The van der Waals surface area contributed by atoms with Gasteiger partial charge in [-0.1, -0.05) is 28.9 Å². The van der Waals surface area contributed by atoms with Crippen molar-refractivity contribution in [1.29, 1.82) is 0 Å². The molecule has 8 nitrogen and oxygen atoms in total. The molecule has 2 heterocycles. The summed E-state index contributed by atoms with van der Waals surface area (Å²) in [6.07, 6.45) is 0. The lowest BCUT2D eigenvalue weighted by Crippen LogP contribution is -2.48. The van der Waals surface area contributed by atoms with Crippen LogP contribution < -0.4 is 9.64 Å². The van der Waals surface area contributed by atoms with E-state index in [1.54, 1.807) is 31.4 Å². The molecule has 1 aliphatic rings. The zero-order chi connectivity index (χ0) is 22.9. The zero-order valence-electron chi connectivity index (χ0n) is 18.2. The molecule has 170 valence electrons. The van der Waals surface area contributed by atoms with Crippen molar-refractivity contribution in [2.45, 2.75) is 24.2 Å². The lowest BCUT2D eigenvalue weighted by molar-refractivity contribution is 0.351.